The summed E-state index contributed by atoms with van der Waals surface area (Å²) in [5.41, 5.74) is 0.921. The average Bonchev–Trinajstić information content (AvgIpc) is 3.08. The highest BCUT2D eigenvalue weighted by atomic mass is 16.5. The molecule has 0 aliphatic rings. The molecule has 2 rings (SSSR count). The Bertz CT molecular complexity index is 687. The Hall–Kier alpha value is -2.37. The number of hydrogen-bond acceptors (Lipinski definition) is 5. The van der Waals surface area contributed by atoms with Crippen LogP contribution in [0.1, 0.15) is 64.2 Å². The second-order valence-corrected chi connectivity index (χ2v) is 7.38. The molecule has 0 saturated carbocycles. The molecule has 1 N–H and O–H groups in total. The maximum atomic E-state index is 12.0. The Morgan fingerprint density at radius 2 is 1.96 bits per heavy atom. The zero-order valence-electron chi connectivity index (χ0n) is 16.2. The Morgan fingerprint density at radius 1 is 1.23 bits per heavy atom. The van der Waals surface area contributed by atoms with Crippen molar-refractivity contribution in [3.05, 3.63) is 41.5 Å². The van der Waals surface area contributed by atoms with Crippen LogP contribution in [0.15, 0.2) is 28.8 Å². The SMILES string of the molecule is CCCOc1ccc(CNC(=O)CCCc2nc(C(C)(C)C)no2)cc1. The van der Waals surface area contributed by atoms with Gasteiger partial charge in [-0.05, 0) is 30.5 Å². The summed E-state index contributed by atoms with van der Waals surface area (Å²) in [6.45, 7) is 9.42. The lowest BCUT2D eigenvalue weighted by Gasteiger charge is -2.10. The van der Waals surface area contributed by atoms with E-state index in [2.05, 4.69) is 22.4 Å². The van der Waals surface area contributed by atoms with E-state index in [1.807, 2.05) is 45.0 Å². The molecule has 1 amide bonds. The second-order valence-electron chi connectivity index (χ2n) is 7.38. The zero-order valence-corrected chi connectivity index (χ0v) is 16.2. The highest BCUT2D eigenvalue weighted by Gasteiger charge is 2.20. The van der Waals surface area contributed by atoms with Gasteiger partial charge in [0.2, 0.25) is 11.8 Å². The van der Waals surface area contributed by atoms with Crippen molar-refractivity contribution >= 4 is 5.91 Å². The summed E-state index contributed by atoms with van der Waals surface area (Å²) in [4.78, 5) is 16.4. The molecule has 0 atom stereocenters. The zero-order chi connectivity index (χ0) is 19.0. The van der Waals surface area contributed by atoms with Crippen molar-refractivity contribution in [3.8, 4) is 5.75 Å². The molecule has 2 aromatic rings. The number of amides is 1. The predicted octanol–water partition coefficient (Wildman–Crippen LogP) is 3.80. The summed E-state index contributed by atoms with van der Waals surface area (Å²) >= 11 is 0. The van der Waals surface area contributed by atoms with Crippen LogP contribution in [0.2, 0.25) is 0 Å². The molecule has 0 bridgehead atoms. The van der Waals surface area contributed by atoms with Gasteiger partial charge in [0.05, 0.1) is 6.61 Å². The molecular formula is C20H29N3O3. The monoisotopic (exact) mass is 359 g/mol. The van der Waals surface area contributed by atoms with Crippen LogP contribution >= 0.6 is 0 Å². The van der Waals surface area contributed by atoms with Crippen molar-refractivity contribution in [1.29, 1.82) is 0 Å². The minimum atomic E-state index is -0.129. The van der Waals surface area contributed by atoms with Crippen LogP contribution in [0, 0.1) is 0 Å². The van der Waals surface area contributed by atoms with E-state index in [0.717, 1.165) is 17.7 Å². The number of carbonyl (C=O) groups excluding carboxylic acids is 1. The molecular weight excluding hydrogens is 330 g/mol. The van der Waals surface area contributed by atoms with Crippen molar-refractivity contribution in [1.82, 2.24) is 15.5 Å². The minimum Gasteiger partial charge on any atom is -0.494 e. The van der Waals surface area contributed by atoms with E-state index in [9.17, 15) is 4.79 Å². The van der Waals surface area contributed by atoms with Gasteiger partial charge in [-0.1, -0.05) is 45.0 Å². The van der Waals surface area contributed by atoms with E-state index in [1.165, 1.54) is 0 Å². The number of rotatable bonds is 9. The van der Waals surface area contributed by atoms with Gasteiger partial charge in [-0.3, -0.25) is 4.79 Å². The first-order chi connectivity index (χ1) is 12.4. The molecule has 0 spiro atoms. The van der Waals surface area contributed by atoms with Crippen molar-refractivity contribution in [2.45, 2.75) is 65.3 Å². The Balaban J connectivity index is 1.68. The topological polar surface area (TPSA) is 77.2 Å². The standard InChI is InChI=1S/C20H29N3O3/c1-5-13-25-16-11-9-15(10-12-16)14-21-17(24)7-6-8-18-22-19(23-26-18)20(2,3)4/h9-12H,5-8,13-14H2,1-4H3,(H,21,24). The molecule has 6 nitrogen and oxygen atoms in total. The average molecular weight is 359 g/mol. The lowest BCUT2D eigenvalue weighted by atomic mass is 9.96. The molecule has 0 unspecified atom stereocenters. The molecule has 142 valence electrons. The number of ether oxygens (including phenoxy) is 1. The Morgan fingerprint density at radius 3 is 2.58 bits per heavy atom. The molecule has 0 aliphatic heterocycles. The summed E-state index contributed by atoms with van der Waals surface area (Å²) in [6, 6.07) is 7.80. The van der Waals surface area contributed by atoms with Crippen LogP contribution in [0.4, 0.5) is 0 Å². The number of nitrogens with zero attached hydrogens (tertiary/aromatic N) is 2. The van der Waals surface area contributed by atoms with Gasteiger partial charge in [-0.25, -0.2) is 0 Å². The normalized spacial score (nSPS) is 11.4. The van der Waals surface area contributed by atoms with Gasteiger partial charge in [0.15, 0.2) is 5.82 Å². The lowest BCUT2D eigenvalue weighted by molar-refractivity contribution is -0.121. The summed E-state index contributed by atoms with van der Waals surface area (Å²) in [5.74, 6) is 2.16. The van der Waals surface area contributed by atoms with E-state index in [-0.39, 0.29) is 11.3 Å². The second kappa shape index (κ2) is 9.36. The number of carbonyl (C=O) groups is 1. The van der Waals surface area contributed by atoms with Crippen LogP contribution < -0.4 is 10.1 Å². The molecule has 1 heterocycles. The van der Waals surface area contributed by atoms with E-state index >= 15 is 0 Å². The Labute approximate surface area is 155 Å². The fourth-order valence-electron chi connectivity index (χ4n) is 2.27. The maximum absolute atomic E-state index is 12.0. The first-order valence-corrected chi connectivity index (χ1v) is 9.20. The summed E-state index contributed by atoms with van der Waals surface area (Å²) < 4.78 is 10.8. The summed E-state index contributed by atoms with van der Waals surface area (Å²) in [6.07, 6.45) is 2.71. The third kappa shape index (κ3) is 6.50. The van der Waals surface area contributed by atoms with Crippen molar-refractivity contribution in [2.75, 3.05) is 6.61 Å². The molecule has 1 aromatic carbocycles. The van der Waals surface area contributed by atoms with Gasteiger partial charge in [-0.15, -0.1) is 0 Å². The molecule has 26 heavy (non-hydrogen) atoms. The number of aromatic nitrogens is 2. The highest BCUT2D eigenvalue weighted by Crippen LogP contribution is 2.19. The van der Waals surface area contributed by atoms with E-state index in [1.54, 1.807) is 0 Å². The van der Waals surface area contributed by atoms with Gasteiger partial charge >= 0.3 is 0 Å². The molecule has 0 fully saturated rings. The van der Waals surface area contributed by atoms with E-state index in [0.29, 0.717) is 44.1 Å². The van der Waals surface area contributed by atoms with Crippen molar-refractivity contribution in [2.24, 2.45) is 0 Å². The number of hydrogen-bond donors (Lipinski definition) is 1. The largest absolute Gasteiger partial charge is 0.494 e. The lowest BCUT2D eigenvalue weighted by Crippen LogP contribution is -2.22. The first kappa shape index (κ1) is 19.9. The fourth-order valence-corrected chi connectivity index (χ4v) is 2.27. The highest BCUT2D eigenvalue weighted by molar-refractivity contribution is 5.75. The number of aryl methyl sites for hydroxylation is 1. The summed E-state index contributed by atoms with van der Waals surface area (Å²) in [7, 11) is 0. The fraction of sp³-hybridized carbons (Fsp3) is 0.550. The molecule has 0 aliphatic carbocycles. The van der Waals surface area contributed by atoms with Crippen molar-refractivity contribution in [3.63, 3.8) is 0 Å². The molecule has 1 aromatic heterocycles. The predicted molar refractivity (Wildman–Crippen MR) is 100 cm³/mol. The van der Waals surface area contributed by atoms with Gasteiger partial charge in [0.1, 0.15) is 5.75 Å². The third-order valence-corrected chi connectivity index (χ3v) is 3.82. The van der Waals surface area contributed by atoms with Crippen LogP contribution in [0.3, 0.4) is 0 Å². The summed E-state index contributed by atoms with van der Waals surface area (Å²) in [5, 5.41) is 6.92. The van der Waals surface area contributed by atoms with Crippen LogP contribution in [0.25, 0.3) is 0 Å². The molecule has 0 saturated heterocycles. The van der Waals surface area contributed by atoms with Gasteiger partial charge < -0.3 is 14.6 Å². The van der Waals surface area contributed by atoms with Crippen molar-refractivity contribution < 1.29 is 14.1 Å². The number of benzene rings is 1. The van der Waals surface area contributed by atoms with Gasteiger partial charge in [-0.2, -0.15) is 4.98 Å². The quantitative estimate of drug-likeness (QED) is 0.737. The van der Waals surface area contributed by atoms with E-state index in [4.69, 9.17) is 9.26 Å². The van der Waals surface area contributed by atoms with Gasteiger partial charge in [0, 0.05) is 24.8 Å². The number of nitrogens with one attached hydrogen (secondary N) is 1. The van der Waals surface area contributed by atoms with E-state index < -0.39 is 0 Å². The Kier molecular flexibility index (Phi) is 7.18. The smallest absolute Gasteiger partial charge is 0.226 e. The van der Waals surface area contributed by atoms with Crippen LogP contribution in [-0.2, 0) is 23.2 Å². The van der Waals surface area contributed by atoms with Gasteiger partial charge in [0.25, 0.3) is 0 Å². The first-order valence-electron chi connectivity index (χ1n) is 9.20. The minimum absolute atomic E-state index is 0.0202. The maximum Gasteiger partial charge on any atom is 0.226 e. The molecule has 6 heteroatoms. The van der Waals surface area contributed by atoms with Crippen LogP contribution in [-0.4, -0.2) is 22.7 Å². The third-order valence-electron chi connectivity index (χ3n) is 3.82. The van der Waals surface area contributed by atoms with Crippen LogP contribution in [0.5, 0.6) is 5.75 Å². The molecule has 0 radical (unpaired) electrons.